The molecule has 0 fully saturated rings. The zero-order valence-electron chi connectivity index (χ0n) is 10.9. The van der Waals surface area contributed by atoms with Crippen molar-refractivity contribution in [3.05, 3.63) is 29.3 Å². The minimum atomic E-state index is 0.682. The van der Waals surface area contributed by atoms with Crippen molar-refractivity contribution in [2.45, 2.75) is 32.6 Å². The maximum absolute atomic E-state index is 5.44. The molecule has 1 aliphatic carbocycles. The molecule has 1 aromatic carbocycles. The zero-order valence-corrected chi connectivity index (χ0v) is 10.9. The lowest BCUT2D eigenvalue weighted by Gasteiger charge is -2.26. The Morgan fingerprint density at radius 3 is 3.17 bits per heavy atom. The van der Waals surface area contributed by atoms with Crippen LogP contribution in [0.3, 0.4) is 0 Å². The highest BCUT2D eigenvalue weighted by molar-refractivity contribution is 5.90. The first-order chi connectivity index (χ1) is 8.86. The van der Waals surface area contributed by atoms with Gasteiger partial charge in [0.2, 0.25) is 0 Å². The van der Waals surface area contributed by atoms with Crippen molar-refractivity contribution >= 4 is 11.7 Å². The molecule has 1 N–H and O–H groups in total. The first kappa shape index (κ1) is 11.6. The number of nitrogens with one attached hydrogen (secondary N) is 1. The first-order valence-corrected chi connectivity index (χ1v) is 6.92. The number of hydrogen-bond donors (Lipinski definition) is 1. The molecule has 0 saturated heterocycles. The highest BCUT2D eigenvalue weighted by Crippen LogP contribution is 2.32. The number of aryl methyl sites for hydroxylation is 1. The molecule has 1 heterocycles. The Hall–Kier alpha value is -1.51. The summed E-state index contributed by atoms with van der Waals surface area (Å²) in [4.78, 5) is 4.30. The smallest absolute Gasteiger partial charge is 0.289 e. The quantitative estimate of drug-likeness (QED) is 0.867. The molecule has 0 spiro atoms. The summed E-state index contributed by atoms with van der Waals surface area (Å²) in [6.45, 7) is 3.76. The van der Waals surface area contributed by atoms with Crippen LogP contribution < -0.4 is 5.32 Å². The summed E-state index contributed by atoms with van der Waals surface area (Å²) in [5, 5.41) is 3.34. The van der Waals surface area contributed by atoms with Gasteiger partial charge in [-0.2, -0.15) is 0 Å². The predicted octanol–water partition coefficient (Wildman–Crippen LogP) is 3.00. The van der Waals surface area contributed by atoms with Crippen LogP contribution in [0.5, 0.6) is 0 Å². The molecule has 3 heteroatoms. The number of ether oxygens (including phenoxy) is 1. The van der Waals surface area contributed by atoms with Gasteiger partial charge in [0.15, 0.2) is 0 Å². The van der Waals surface area contributed by atoms with Crippen LogP contribution in [0.4, 0.5) is 5.69 Å². The standard InChI is InChI=1S/C15H20N2O/c1-2-11-6-7-12-4-3-5-14(13(12)10-11)17-15-16-8-9-18-15/h3-5,11H,2,6-10H2,1H3,(H,16,17). The van der Waals surface area contributed by atoms with Gasteiger partial charge in [-0.15, -0.1) is 0 Å². The van der Waals surface area contributed by atoms with Crippen LogP contribution in [-0.2, 0) is 17.6 Å². The molecule has 96 valence electrons. The van der Waals surface area contributed by atoms with Gasteiger partial charge >= 0.3 is 0 Å². The summed E-state index contributed by atoms with van der Waals surface area (Å²) in [5.41, 5.74) is 4.14. The Bertz CT molecular complexity index is 468. The molecule has 1 unspecified atom stereocenters. The molecule has 0 bridgehead atoms. The van der Waals surface area contributed by atoms with E-state index in [0.29, 0.717) is 12.6 Å². The van der Waals surface area contributed by atoms with E-state index in [9.17, 15) is 0 Å². The van der Waals surface area contributed by atoms with Crippen LogP contribution >= 0.6 is 0 Å². The third-order valence-electron chi connectivity index (χ3n) is 3.99. The lowest BCUT2D eigenvalue weighted by molar-refractivity contribution is 0.346. The SMILES string of the molecule is CCC1CCc2cccc(NC3=NCCO3)c2C1. The fraction of sp³-hybridized carbons (Fsp3) is 0.533. The second-order valence-electron chi connectivity index (χ2n) is 5.12. The molecule has 3 rings (SSSR count). The number of hydrogen-bond acceptors (Lipinski definition) is 3. The maximum atomic E-state index is 5.44. The van der Waals surface area contributed by atoms with Crippen LogP contribution in [0.15, 0.2) is 23.2 Å². The summed E-state index contributed by atoms with van der Waals surface area (Å²) in [7, 11) is 0. The third kappa shape index (κ3) is 2.22. The van der Waals surface area contributed by atoms with Gasteiger partial charge in [0.05, 0.1) is 6.54 Å². The summed E-state index contributed by atoms with van der Waals surface area (Å²) in [6.07, 6.45) is 4.98. The highest BCUT2D eigenvalue weighted by atomic mass is 16.5. The van der Waals surface area contributed by atoms with Crippen LogP contribution in [0, 0.1) is 5.92 Å². The van der Waals surface area contributed by atoms with E-state index in [0.717, 1.165) is 12.5 Å². The van der Waals surface area contributed by atoms with E-state index in [1.807, 2.05) is 0 Å². The Balaban J connectivity index is 1.86. The number of aliphatic imine (C=N–C) groups is 1. The predicted molar refractivity (Wildman–Crippen MR) is 74.1 cm³/mol. The summed E-state index contributed by atoms with van der Waals surface area (Å²) in [6, 6.07) is 7.20. The molecule has 1 aliphatic heterocycles. The van der Waals surface area contributed by atoms with Crippen LogP contribution in [0.25, 0.3) is 0 Å². The topological polar surface area (TPSA) is 33.6 Å². The van der Waals surface area contributed by atoms with Crippen molar-refractivity contribution in [2.24, 2.45) is 10.9 Å². The average Bonchev–Trinajstić information content (AvgIpc) is 2.91. The summed E-state index contributed by atoms with van der Waals surface area (Å²) >= 11 is 0. The zero-order chi connectivity index (χ0) is 12.4. The van der Waals surface area contributed by atoms with Crippen molar-refractivity contribution in [3.63, 3.8) is 0 Å². The van der Waals surface area contributed by atoms with Crippen LogP contribution in [-0.4, -0.2) is 19.2 Å². The minimum Gasteiger partial charge on any atom is -0.463 e. The molecule has 1 atom stereocenters. The monoisotopic (exact) mass is 244 g/mol. The van der Waals surface area contributed by atoms with E-state index in [4.69, 9.17) is 4.74 Å². The largest absolute Gasteiger partial charge is 0.463 e. The van der Waals surface area contributed by atoms with E-state index in [-0.39, 0.29) is 0 Å². The van der Waals surface area contributed by atoms with Gasteiger partial charge in [-0.25, -0.2) is 4.99 Å². The van der Waals surface area contributed by atoms with Gasteiger partial charge in [-0.05, 0) is 42.4 Å². The molecular formula is C15H20N2O. The number of benzene rings is 1. The Morgan fingerprint density at radius 1 is 1.44 bits per heavy atom. The first-order valence-electron chi connectivity index (χ1n) is 6.92. The minimum absolute atomic E-state index is 0.682. The number of fused-ring (bicyclic) bond motifs is 1. The number of rotatable bonds is 2. The van der Waals surface area contributed by atoms with E-state index in [1.165, 1.54) is 42.5 Å². The van der Waals surface area contributed by atoms with Crippen molar-refractivity contribution in [1.29, 1.82) is 0 Å². The van der Waals surface area contributed by atoms with Gasteiger partial charge < -0.3 is 10.1 Å². The molecule has 3 nitrogen and oxygen atoms in total. The Labute approximate surface area is 108 Å². The highest BCUT2D eigenvalue weighted by Gasteiger charge is 2.20. The fourth-order valence-corrected chi connectivity index (χ4v) is 2.85. The molecule has 1 aromatic rings. The molecule has 18 heavy (non-hydrogen) atoms. The lowest BCUT2D eigenvalue weighted by Crippen LogP contribution is -2.18. The average molecular weight is 244 g/mol. The van der Waals surface area contributed by atoms with Gasteiger partial charge in [0.25, 0.3) is 6.02 Å². The van der Waals surface area contributed by atoms with E-state index in [2.05, 4.69) is 35.4 Å². The van der Waals surface area contributed by atoms with Crippen LogP contribution in [0.1, 0.15) is 30.9 Å². The fourth-order valence-electron chi connectivity index (χ4n) is 2.85. The molecule has 0 amide bonds. The number of nitrogens with zero attached hydrogens (tertiary/aromatic N) is 1. The second kappa shape index (κ2) is 5.01. The molecule has 0 radical (unpaired) electrons. The number of anilines is 1. The third-order valence-corrected chi connectivity index (χ3v) is 3.99. The van der Waals surface area contributed by atoms with E-state index >= 15 is 0 Å². The molecule has 2 aliphatic rings. The molecular weight excluding hydrogens is 224 g/mol. The van der Waals surface area contributed by atoms with Gasteiger partial charge in [-0.1, -0.05) is 25.5 Å². The van der Waals surface area contributed by atoms with Crippen molar-refractivity contribution < 1.29 is 4.74 Å². The maximum Gasteiger partial charge on any atom is 0.289 e. The van der Waals surface area contributed by atoms with Crippen molar-refractivity contribution in [1.82, 2.24) is 0 Å². The van der Waals surface area contributed by atoms with Gasteiger partial charge in [-0.3, -0.25) is 0 Å². The van der Waals surface area contributed by atoms with E-state index in [1.54, 1.807) is 0 Å². The molecule has 0 aromatic heterocycles. The summed E-state index contributed by atoms with van der Waals surface area (Å²) < 4.78 is 5.44. The van der Waals surface area contributed by atoms with Gasteiger partial charge in [0, 0.05) is 5.69 Å². The lowest BCUT2D eigenvalue weighted by atomic mass is 9.82. The molecule has 0 saturated carbocycles. The Kier molecular flexibility index (Phi) is 3.22. The second-order valence-corrected chi connectivity index (χ2v) is 5.12. The van der Waals surface area contributed by atoms with Gasteiger partial charge in [0.1, 0.15) is 6.61 Å². The number of amidine groups is 1. The van der Waals surface area contributed by atoms with Crippen LogP contribution in [0.2, 0.25) is 0 Å². The Morgan fingerprint density at radius 2 is 2.39 bits per heavy atom. The van der Waals surface area contributed by atoms with Crippen molar-refractivity contribution in [3.8, 4) is 0 Å². The summed E-state index contributed by atoms with van der Waals surface area (Å²) in [5.74, 6) is 0.826. The van der Waals surface area contributed by atoms with E-state index < -0.39 is 0 Å². The normalized spacial score (nSPS) is 22.1. The van der Waals surface area contributed by atoms with Crippen molar-refractivity contribution in [2.75, 3.05) is 18.5 Å².